The van der Waals surface area contributed by atoms with Crippen LogP contribution in [0, 0.1) is 0 Å². The van der Waals surface area contributed by atoms with E-state index in [9.17, 15) is 5.11 Å². The molecule has 0 fully saturated rings. The van der Waals surface area contributed by atoms with Crippen molar-refractivity contribution in [3.63, 3.8) is 0 Å². The Kier molecular flexibility index (Phi) is 3.66. The van der Waals surface area contributed by atoms with Crippen LogP contribution in [0.15, 0.2) is 48.5 Å². The first-order chi connectivity index (χ1) is 8.33. The molecule has 0 amide bonds. The number of para-hydroxylation sites is 1. The first-order valence-electron chi connectivity index (χ1n) is 5.83. The Hall–Kier alpha value is -1.96. The Morgan fingerprint density at radius 1 is 1.00 bits per heavy atom. The van der Waals surface area contributed by atoms with Crippen molar-refractivity contribution in [3.05, 3.63) is 48.5 Å². The molecule has 2 nitrogen and oxygen atoms in total. The molecule has 88 valence electrons. The highest BCUT2D eigenvalue weighted by Crippen LogP contribution is 2.37. The van der Waals surface area contributed by atoms with Gasteiger partial charge in [0.25, 0.3) is 0 Å². The van der Waals surface area contributed by atoms with Gasteiger partial charge in [-0.25, -0.2) is 0 Å². The molecule has 17 heavy (non-hydrogen) atoms. The summed E-state index contributed by atoms with van der Waals surface area (Å²) in [4.78, 5) is 0. The molecule has 2 rings (SSSR count). The quantitative estimate of drug-likeness (QED) is 0.861. The van der Waals surface area contributed by atoms with E-state index >= 15 is 0 Å². The van der Waals surface area contributed by atoms with Gasteiger partial charge in [-0.15, -0.1) is 0 Å². The molecule has 0 aliphatic rings. The highest BCUT2D eigenvalue weighted by molar-refractivity contribution is 5.73. The second kappa shape index (κ2) is 5.39. The average molecular weight is 228 g/mol. The first kappa shape index (κ1) is 11.5. The number of hydrogen-bond donors (Lipinski definition) is 1. The predicted octanol–water partition coefficient (Wildman–Crippen LogP) is 3.85. The SMILES string of the molecule is CCCOc1c(O)cccc1-c1ccccc1. The third-order valence-corrected chi connectivity index (χ3v) is 2.53. The van der Waals surface area contributed by atoms with Crippen molar-refractivity contribution in [1.82, 2.24) is 0 Å². The lowest BCUT2D eigenvalue weighted by atomic mass is 10.0. The molecule has 0 saturated carbocycles. The number of benzene rings is 2. The van der Waals surface area contributed by atoms with Crippen LogP contribution in [0.1, 0.15) is 13.3 Å². The summed E-state index contributed by atoms with van der Waals surface area (Å²) in [6.07, 6.45) is 0.919. The summed E-state index contributed by atoms with van der Waals surface area (Å²) in [5.74, 6) is 0.764. The molecule has 2 heteroatoms. The van der Waals surface area contributed by atoms with E-state index in [0.29, 0.717) is 12.4 Å². The van der Waals surface area contributed by atoms with Gasteiger partial charge >= 0.3 is 0 Å². The van der Waals surface area contributed by atoms with Crippen molar-refractivity contribution in [2.45, 2.75) is 13.3 Å². The molecule has 0 aliphatic carbocycles. The molecule has 2 aromatic rings. The van der Waals surface area contributed by atoms with Crippen LogP contribution < -0.4 is 4.74 Å². The zero-order chi connectivity index (χ0) is 12.1. The van der Waals surface area contributed by atoms with Crippen LogP contribution in [0.25, 0.3) is 11.1 Å². The van der Waals surface area contributed by atoms with E-state index < -0.39 is 0 Å². The maximum absolute atomic E-state index is 9.85. The van der Waals surface area contributed by atoms with Crippen molar-refractivity contribution < 1.29 is 9.84 Å². The molecule has 0 spiro atoms. The van der Waals surface area contributed by atoms with Gasteiger partial charge in [-0.2, -0.15) is 0 Å². The maximum Gasteiger partial charge on any atom is 0.168 e. The Labute approximate surface area is 101 Å². The van der Waals surface area contributed by atoms with Gasteiger partial charge in [0, 0.05) is 5.56 Å². The predicted molar refractivity (Wildman–Crippen MR) is 69.3 cm³/mol. The highest BCUT2D eigenvalue weighted by atomic mass is 16.5. The molecule has 0 saturated heterocycles. The topological polar surface area (TPSA) is 29.5 Å². The third-order valence-electron chi connectivity index (χ3n) is 2.53. The van der Waals surface area contributed by atoms with Crippen LogP contribution in [0.3, 0.4) is 0 Å². The van der Waals surface area contributed by atoms with Crippen molar-refractivity contribution in [2.75, 3.05) is 6.61 Å². The summed E-state index contributed by atoms with van der Waals surface area (Å²) < 4.78 is 5.62. The summed E-state index contributed by atoms with van der Waals surface area (Å²) in [6, 6.07) is 15.4. The second-order valence-corrected chi connectivity index (χ2v) is 3.87. The van der Waals surface area contributed by atoms with Gasteiger partial charge in [0.2, 0.25) is 0 Å². The van der Waals surface area contributed by atoms with Crippen LogP contribution in [-0.2, 0) is 0 Å². The lowest BCUT2D eigenvalue weighted by Gasteiger charge is -2.12. The van der Waals surface area contributed by atoms with Gasteiger partial charge in [-0.05, 0) is 18.1 Å². The standard InChI is InChI=1S/C15H16O2/c1-2-11-17-15-13(9-6-10-14(15)16)12-7-4-3-5-8-12/h3-10,16H,2,11H2,1H3. The van der Waals surface area contributed by atoms with Crippen LogP contribution in [0.2, 0.25) is 0 Å². The molecule has 0 unspecified atom stereocenters. The molecule has 0 bridgehead atoms. The molecule has 1 N–H and O–H groups in total. The largest absolute Gasteiger partial charge is 0.504 e. The lowest BCUT2D eigenvalue weighted by molar-refractivity contribution is 0.301. The molecular weight excluding hydrogens is 212 g/mol. The Morgan fingerprint density at radius 3 is 2.47 bits per heavy atom. The number of hydrogen-bond acceptors (Lipinski definition) is 2. The third kappa shape index (κ3) is 2.59. The fraction of sp³-hybridized carbons (Fsp3) is 0.200. The van der Waals surface area contributed by atoms with Gasteiger partial charge in [0.15, 0.2) is 11.5 Å². The molecule has 0 aromatic heterocycles. The number of rotatable bonds is 4. The Bertz CT molecular complexity index is 478. The fourth-order valence-corrected chi connectivity index (χ4v) is 1.73. The Morgan fingerprint density at radius 2 is 1.76 bits per heavy atom. The molecule has 0 heterocycles. The minimum Gasteiger partial charge on any atom is -0.504 e. The van der Waals surface area contributed by atoms with E-state index in [2.05, 4.69) is 0 Å². The summed E-state index contributed by atoms with van der Waals surface area (Å²) in [5.41, 5.74) is 1.98. The normalized spacial score (nSPS) is 10.2. The number of phenolic OH excluding ortho intramolecular Hbond substituents is 1. The lowest BCUT2D eigenvalue weighted by Crippen LogP contribution is -1.97. The van der Waals surface area contributed by atoms with Crippen molar-refractivity contribution in [2.24, 2.45) is 0 Å². The summed E-state index contributed by atoms with van der Waals surface area (Å²) in [7, 11) is 0. The van der Waals surface area contributed by atoms with E-state index in [1.54, 1.807) is 6.07 Å². The zero-order valence-electron chi connectivity index (χ0n) is 9.89. The van der Waals surface area contributed by atoms with Crippen LogP contribution >= 0.6 is 0 Å². The first-order valence-corrected chi connectivity index (χ1v) is 5.83. The zero-order valence-corrected chi connectivity index (χ0v) is 9.89. The summed E-state index contributed by atoms with van der Waals surface area (Å²) in [5, 5.41) is 9.85. The molecular formula is C15H16O2. The van der Waals surface area contributed by atoms with E-state index in [1.807, 2.05) is 49.4 Å². The van der Waals surface area contributed by atoms with Gasteiger partial charge in [-0.3, -0.25) is 0 Å². The van der Waals surface area contributed by atoms with Crippen molar-refractivity contribution >= 4 is 0 Å². The number of aromatic hydroxyl groups is 1. The fourth-order valence-electron chi connectivity index (χ4n) is 1.73. The summed E-state index contributed by atoms with van der Waals surface area (Å²) in [6.45, 7) is 2.65. The highest BCUT2D eigenvalue weighted by Gasteiger charge is 2.10. The minimum atomic E-state index is 0.194. The van der Waals surface area contributed by atoms with Gasteiger partial charge in [0.1, 0.15) is 0 Å². The van der Waals surface area contributed by atoms with E-state index in [4.69, 9.17) is 4.74 Å². The van der Waals surface area contributed by atoms with Gasteiger partial charge < -0.3 is 9.84 Å². The molecule has 2 aromatic carbocycles. The average Bonchev–Trinajstić information content (AvgIpc) is 2.38. The molecule has 0 radical (unpaired) electrons. The van der Waals surface area contributed by atoms with Gasteiger partial charge in [-0.1, -0.05) is 49.4 Å². The van der Waals surface area contributed by atoms with Crippen LogP contribution in [0.5, 0.6) is 11.5 Å². The van der Waals surface area contributed by atoms with Crippen molar-refractivity contribution in [1.29, 1.82) is 0 Å². The maximum atomic E-state index is 9.85. The van der Waals surface area contributed by atoms with E-state index in [1.165, 1.54) is 0 Å². The van der Waals surface area contributed by atoms with Crippen molar-refractivity contribution in [3.8, 4) is 22.6 Å². The van der Waals surface area contributed by atoms with Gasteiger partial charge in [0.05, 0.1) is 6.61 Å². The molecule has 0 aliphatic heterocycles. The van der Waals surface area contributed by atoms with E-state index in [0.717, 1.165) is 17.5 Å². The van der Waals surface area contributed by atoms with E-state index in [-0.39, 0.29) is 5.75 Å². The molecule has 0 atom stereocenters. The van der Waals surface area contributed by atoms with Crippen LogP contribution in [-0.4, -0.2) is 11.7 Å². The minimum absolute atomic E-state index is 0.194. The van der Waals surface area contributed by atoms with Crippen LogP contribution in [0.4, 0.5) is 0 Å². The number of phenols is 1. The summed E-state index contributed by atoms with van der Waals surface area (Å²) >= 11 is 0. The Balaban J connectivity index is 2.43. The number of ether oxygens (including phenoxy) is 1. The second-order valence-electron chi connectivity index (χ2n) is 3.87. The smallest absolute Gasteiger partial charge is 0.168 e. The monoisotopic (exact) mass is 228 g/mol.